The Morgan fingerprint density at radius 2 is 1.00 bits per heavy atom. The van der Waals surface area contributed by atoms with Gasteiger partial charge in [0.15, 0.2) is 0 Å². The number of hydrogen-bond donors (Lipinski definition) is 3. The summed E-state index contributed by atoms with van der Waals surface area (Å²) in [5.74, 6) is -10.2. The van der Waals surface area contributed by atoms with Gasteiger partial charge >= 0.3 is 12.1 Å². The molecule has 0 radical (unpaired) electrons. The van der Waals surface area contributed by atoms with Crippen LogP contribution in [0.15, 0.2) is 0 Å². The predicted octanol–water partition coefficient (Wildman–Crippen LogP) is 3.75. The number of hydrogen-bond acceptors (Lipinski definition) is 3. The molecule has 2 amide bonds. The van der Waals surface area contributed by atoms with E-state index in [0.717, 1.165) is 13.8 Å². The van der Waals surface area contributed by atoms with E-state index in [1.807, 2.05) is 0 Å². The SMILES string of the molecule is CCCCC(F)(NC(C)=O)C(F)(F)NC(F)(F)C(F)(CCCC)NC(C)=O. The Kier molecular flexibility index (Phi) is 9.07. The zero-order valence-electron chi connectivity index (χ0n) is 15.8. The third kappa shape index (κ3) is 6.86. The maximum Gasteiger partial charge on any atom is 0.359 e. The van der Waals surface area contributed by atoms with Crippen molar-refractivity contribution in [2.75, 3.05) is 0 Å². The normalized spacial score (nSPS) is 17.0. The van der Waals surface area contributed by atoms with Crippen LogP contribution in [0, 0.1) is 0 Å². The molecule has 0 fully saturated rings. The molecule has 2 atom stereocenters. The van der Waals surface area contributed by atoms with Crippen LogP contribution in [0.3, 0.4) is 0 Å². The summed E-state index contributed by atoms with van der Waals surface area (Å²) in [5.41, 5.74) is 0. The van der Waals surface area contributed by atoms with E-state index in [4.69, 9.17) is 0 Å². The van der Waals surface area contributed by atoms with Crippen molar-refractivity contribution < 1.29 is 35.9 Å². The third-order valence-electron chi connectivity index (χ3n) is 3.81. The lowest BCUT2D eigenvalue weighted by molar-refractivity contribution is -0.267. The van der Waals surface area contributed by atoms with Crippen molar-refractivity contribution in [2.45, 2.75) is 89.9 Å². The first-order valence-corrected chi connectivity index (χ1v) is 8.66. The van der Waals surface area contributed by atoms with E-state index in [1.165, 1.54) is 10.6 Å². The highest BCUT2D eigenvalue weighted by molar-refractivity contribution is 5.74. The second kappa shape index (κ2) is 9.61. The molecule has 0 aliphatic carbocycles. The van der Waals surface area contributed by atoms with Crippen LogP contribution in [0.4, 0.5) is 26.3 Å². The van der Waals surface area contributed by atoms with E-state index in [0.29, 0.717) is 5.32 Å². The fourth-order valence-electron chi connectivity index (χ4n) is 2.39. The molecule has 3 N–H and O–H groups in total. The van der Waals surface area contributed by atoms with E-state index in [1.54, 1.807) is 13.8 Å². The molecule has 160 valence electrons. The van der Waals surface area contributed by atoms with Gasteiger partial charge in [0.25, 0.3) is 11.6 Å². The van der Waals surface area contributed by atoms with Crippen LogP contribution < -0.4 is 16.0 Å². The first-order valence-electron chi connectivity index (χ1n) is 8.66. The van der Waals surface area contributed by atoms with Gasteiger partial charge in [-0.15, -0.1) is 0 Å². The molecule has 0 saturated carbocycles. The number of carbonyl (C=O) groups is 2. The van der Waals surface area contributed by atoms with Gasteiger partial charge < -0.3 is 10.6 Å². The third-order valence-corrected chi connectivity index (χ3v) is 3.81. The highest BCUT2D eigenvalue weighted by Gasteiger charge is 2.65. The van der Waals surface area contributed by atoms with Crippen molar-refractivity contribution in [3.8, 4) is 0 Å². The van der Waals surface area contributed by atoms with Gasteiger partial charge in [-0.2, -0.15) is 22.9 Å². The quantitative estimate of drug-likeness (QED) is 0.341. The molecule has 0 spiro atoms. The van der Waals surface area contributed by atoms with Gasteiger partial charge in [0.05, 0.1) is 0 Å². The van der Waals surface area contributed by atoms with Crippen LogP contribution in [0.2, 0.25) is 0 Å². The Hall–Kier alpha value is -1.52. The highest BCUT2D eigenvalue weighted by atomic mass is 19.3. The Balaban J connectivity index is 5.81. The summed E-state index contributed by atoms with van der Waals surface area (Å²) in [5, 5.41) is 3.05. The molecule has 0 aliphatic rings. The summed E-state index contributed by atoms with van der Waals surface area (Å²) < 4.78 is 87.0. The second-order valence-electron chi connectivity index (χ2n) is 6.45. The smallest absolute Gasteiger partial charge is 0.318 e. The van der Waals surface area contributed by atoms with E-state index >= 15 is 0 Å². The fourth-order valence-corrected chi connectivity index (χ4v) is 2.39. The van der Waals surface area contributed by atoms with E-state index in [2.05, 4.69) is 0 Å². The van der Waals surface area contributed by atoms with Gasteiger partial charge in [-0.05, 0) is 12.8 Å². The van der Waals surface area contributed by atoms with Crippen molar-refractivity contribution in [2.24, 2.45) is 0 Å². The van der Waals surface area contributed by atoms with Gasteiger partial charge in [-0.3, -0.25) is 9.59 Å². The average molecular weight is 407 g/mol. The van der Waals surface area contributed by atoms with E-state index in [-0.39, 0.29) is 25.7 Å². The van der Waals surface area contributed by atoms with E-state index in [9.17, 15) is 35.9 Å². The molecule has 2 unspecified atom stereocenters. The van der Waals surface area contributed by atoms with Crippen molar-refractivity contribution in [3.63, 3.8) is 0 Å². The summed E-state index contributed by atoms with van der Waals surface area (Å²) in [4.78, 5) is 22.2. The molecule has 5 nitrogen and oxygen atoms in total. The Labute approximate surface area is 154 Å². The molecular weight excluding hydrogens is 380 g/mol. The molecule has 0 rings (SSSR count). The summed E-state index contributed by atoms with van der Waals surface area (Å²) in [6.07, 6.45) is -1.77. The second-order valence-corrected chi connectivity index (χ2v) is 6.45. The lowest BCUT2D eigenvalue weighted by Crippen LogP contribution is -2.72. The zero-order valence-corrected chi connectivity index (χ0v) is 15.8. The van der Waals surface area contributed by atoms with Crippen LogP contribution in [0.25, 0.3) is 0 Å². The van der Waals surface area contributed by atoms with Gasteiger partial charge in [0.2, 0.25) is 11.8 Å². The lowest BCUT2D eigenvalue weighted by atomic mass is 10.0. The molecule has 11 heteroatoms. The van der Waals surface area contributed by atoms with Crippen LogP contribution in [-0.4, -0.2) is 35.5 Å². The Morgan fingerprint density at radius 1 is 0.704 bits per heavy atom. The molecular formula is C16H27F6N3O2. The molecule has 0 saturated heterocycles. The van der Waals surface area contributed by atoms with Crippen molar-refractivity contribution in [1.29, 1.82) is 0 Å². The van der Waals surface area contributed by atoms with Crippen LogP contribution >= 0.6 is 0 Å². The average Bonchev–Trinajstić information content (AvgIpc) is 2.48. The van der Waals surface area contributed by atoms with Gasteiger partial charge in [-0.1, -0.05) is 26.7 Å². The topological polar surface area (TPSA) is 70.2 Å². The first kappa shape index (κ1) is 25.5. The molecule has 27 heavy (non-hydrogen) atoms. The minimum atomic E-state index is -5.03. The number of nitrogens with one attached hydrogen (secondary N) is 3. The van der Waals surface area contributed by atoms with Crippen LogP contribution in [-0.2, 0) is 9.59 Å². The summed E-state index contributed by atoms with van der Waals surface area (Å²) in [7, 11) is 0. The monoisotopic (exact) mass is 407 g/mol. The maximum atomic E-state index is 14.8. The largest absolute Gasteiger partial charge is 0.359 e. The molecule has 0 aromatic heterocycles. The van der Waals surface area contributed by atoms with Crippen molar-refractivity contribution in [3.05, 3.63) is 0 Å². The van der Waals surface area contributed by atoms with Crippen LogP contribution in [0.5, 0.6) is 0 Å². The van der Waals surface area contributed by atoms with E-state index < -0.39 is 48.3 Å². The number of carbonyl (C=O) groups excluding carboxylic acids is 2. The first-order chi connectivity index (χ1) is 12.2. The maximum absolute atomic E-state index is 14.8. The molecule has 0 aromatic rings. The number of rotatable bonds is 12. The number of halogens is 6. The minimum Gasteiger partial charge on any atom is -0.318 e. The van der Waals surface area contributed by atoms with Crippen LogP contribution in [0.1, 0.15) is 66.2 Å². The van der Waals surface area contributed by atoms with Gasteiger partial charge in [0.1, 0.15) is 0 Å². The number of unbranched alkanes of at least 4 members (excludes halogenated alkanes) is 2. The predicted molar refractivity (Wildman–Crippen MR) is 87.4 cm³/mol. The molecule has 0 aliphatic heterocycles. The summed E-state index contributed by atoms with van der Waals surface area (Å²) in [6.45, 7) is 4.57. The molecule has 0 bridgehead atoms. The Bertz CT molecular complexity index is 476. The number of amides is 2. The summed E-state index contributed by atoms with van der Waals surface area (Å²) in [6, 6.07) is -10.1. The van der Waals surface area contributed by atoms with Crippen molar-refractivity contribution in [1.82, 2.24) is 16.0 Å². The Morgan fingerprint density at radius 3 is 1.22 bits per heavy atom. The standard InChI is InChI=1S/C16H27F6N3O2/c1-5-7-9-13(17,23-11(3)26)15(19,20)25-16(21,22)14(18,10-8-6-2)24-12(4)27/h25H,5-10H2,1-4H3,(H,23,26)(H,24,27). The zero-order chi connectivity index (χ0) is 21.5. The van der Waals surface area contributed by atoms with Gasteiger partial charge in [0, 0.05) is 26.7 Å². The fraction of sp³-hybridized carbons (Fsp3) is 0.875. The highest BCUT2D eigenvalue weighted by Crippen LogP contribution is 2.40. The minimum absolute atomic E-state index is 0.151. The van der Waals surface area contributed by atoms with Crippen molar-refractivity contribution >= 4 is 11.8 Å². The summed E-state index contributed by atoms with van der Waals surface area (Å²) >= 11 is 0. The number of alkyl halides is 6. The van der Waals surface area contributed by atoms with Gasteiger partial charge in [-0.25, -0.2) is 8.78 Å². The molecule has 0 heterocycles. The lowest BCUT2D eigenvalue weighted by Gasteiger charge is -2.40. The molecule has 0 aromatic carbocycles.